The van der Waals surface area contributed by atoms with Gasteiger partial charge in [-0.15, -0.1) is 0 Å². The number of aryl methyl sites for hydroxylation is 1. The fourth-order valence-electron chi connectivity index (χ4n) is 3.05. The van der Waals surface area contributed by atoms with Gasteiger partial charge in [0.15, 0.2) is 0 Å². The Hall–Kier alpha value is -1.06. The van der Waals surface area contributed by atoms with E-state index in [1.54, 1.807) is 0 Å². The smallest absolute Gasteiger partial charge is 0.120 e. The van der Waals surface area contributed by atoms with Crippen LogP contribution in [-0.2, 0) is 0 Å². The number of nitrogens with zero attached hydrogens (tertiary/aromatic N) is 2. The maximum atomic E-state index is 10.1. The number of phenolic OH excluding ortho intramolecular Hbond substituents is 1. The van der Waals surface area contributed by atoms with Gasteiger partial charge >= 0.3 is 0 Å². The summed E-state index contributed by atoms with van der Waals surface area (Å²) in [6.07, 6.45) is 2.57. The van der Waals surface area contributed by atoms with Gasteiger partial charge in [-0.1, -0.05) is 12.1 Å². The molecule has 2 rings (SSSR count). The Balaban J connectivity index is 1.96. The third kappa shape index (κ3) is 3.74. The molecule has 1 saturated heterocycles. The van der Waals surface area contributed by atoms with Gasteiger partial charge in [-0.25, -0.2) is 0 Å². The van der Waals surface area contributed by atoms with Crippen molar-refractivity contribution >= 4 is 0 Å². The highest BCUT2D eigenvalue weighted by Crippen LogP contribution is 2.29. The maximum absolute atomic E-state index is 10.1. The lowest BCUT2D eigenvalue weighted by molar-refractivity contribution is 0.154. The lowest BCUT2D eigenvalue weighted by Crippen LogP contribution is -2.36. The highest BCUT2D eigenvalue weighted by molar-refractivity contribution is 5.37. The van der Waals surface area contributed by atoms with Gasteiger partial charge in [-0.3, -0.25) is 4.90 Å². The van der Waals surface area contributed by atoms with Gasteiger partial charge in [0, 0.05) is 18.2 Å². The predicted octanol–water partition coefficient (Wildman–Crippen LogP) is 3.04. The zero-order valence-electron chi connectivity index (χ0n) is 13.3. The number of benzene rings is 1. The van der Waals surface area contributed by atoms with E-state index in [1.165, 1.54) is 25.9 Å². The Kier molecular flexibility index (Phi) is 5.06. The minimum atomic E-state index is 0.259. The molecule has 1 N–H and O–H groups in total. The molecular formula is C17H28N2O. The molecule has 112 valence electrons. The Morgan fingerprint density at radius 3 is 2.60 bits per heavy atom. The summed E-state index contributed by atoms with van der Waals surface area (Å²) in [4.78, 5) is 4.78. The fraction of sp³-hybridized carbons (Fsp3) is 0.647. The molecule has 0 saturated carbocycles. The monoisotopic (exact) mass is 276 g/mol. The highest BCUT2D eigenvalue weighted by Gasteiger charge is 2.22. The molecule has 3 heteroatoms. The first-order valence-electron chi connectivity index (χ1n) is 7.65. The van der Waals surface area contributed by atoms with E-state index < -0.39 is 0 Å². The van der Waals surface area contributed by atoms with Crippen molar-refractivity contribution in [3.63, 3.8) is 0 Å². The largest absolute Gasteiger partial charge is 0.508 e. The molecule has 1 aromatic rings. The maximum Gasteiger partial charge on any atom is 0.120 e. The summed E-state index contributed by atoms with van der Waals surface area (Å²) in [6.45, 7) is 7.73. The summed E-state index contributed by atoms with van der Waals surface area (Å²) in [7, 11) is 4.37. The van der Waals surface area contributed by atoms with Crippen LogP contribution in [0.1, 0.15) is 36.9 Å². The van der Waals surface area contributed by atoms with Gasteiger partial charge < -0.3 is 10.0 Å². The number of hydrogen-bond donors (Lipinski definition) is 1. The van der Waals surface area contributed by atoms with Crippen LogP contribution in [0.4, 0.5) is 0 Å². The second-order valence-corrected chi connectivity index (χ2v) is 6.42. The number of rotatable bonds is 4. The van der Waals surface area contributed by atoms with Crippen molar-refractivity contribution in [3.8, 4) is 5.75 Å². The van der Waals surface area contributed by atoms with Crippen LogP contribution in [0.5, 0.6) is 5.75 Å². The van der Waals surface area contributed by atoms with E-state index in [1.807, 2.05) is 13.0 Å². The van der Waals surface area contributed by atoms with Crippen LogP contribution in [0.3, 0.4) is 0 Å². The molecule has 1 aliphatic heterocycles. The third-order valence-corrected chi connectivity index (χ3v) is 4.68. The van der Waals surface area contributed by atoms with Crippen molar-refractivity contribution in [1.29, 1.82) is 0 Å². The van der Waals surface area contributed by atoms with E-state index in [0.717, 1.165) is 23.6 Å². The van der Waals surface area contributed by atoms with Crippen LogP contribution < -0.4 is 0 Å². The first-order valence-corrected chi connectivity index (χ1v) is 7.65. The van der Waals surface area contributed by atoms with Crippen molar-refractivity contribution in [2.24, 2.45) is 5.92 Å². The molecule has 1 fully saturated rings. The van der Waals surface area contributed by atoms with Crippen LogP contribution in [0.15, 0.2) is 18.2 Å². The zero-order chi connectivity index (χ0) is 14.7. The first kappa shape index (κ1) is 15.3. The summed E-state index contributed by atoms with van der Waals surface area (Å²) in [5.74, 6) is 1.21. The molecule has 0 bridgehead atoms. The predicted molar refractivity (Wildman–Crippen MR) is 84.1 cm³/mol. The van der Waals surface area contributed by atoms with Gasteiger partial charge in [0.2, 0.25) is 0 Å². The molecule has 1 heterocycles. The van der Waals surface area contributed by atoms with Crippen molar-refractivity contribution in [3.05, 3.63) is 29.3 Å². The number of phenols is 1. The Morgan fingerprint density at radius 1 is 1.35 bits per heavy atom. The summed E-state index contributed by atoms with van der Waals surface area (Å²) < 4.78 is 0. The molecule has 0 aromatic heterocycles. The average molecular weight is 276 g/mol. The van der Waals surface area contributed by atoms with Gasteiger partial charge in [0.25, 0.3) is 0 Å². The van der Waals surface area contributed by atoms with Crippen molar-refractivity contribution in [1.82, 2.24) is 9.80 Å². The number of piperidine rings is 1. The highest BCUT2D eigenvalue weighted by atomic mass is 16.3. The molecule has 1 unspecified atom stereocenters. The van der Waals surface area contributed by atoms with Gasteiger partial charge in [-0.2, -0.15) is 0 Å². The van der Waals surface area contributed by atoms with Crippen molar-refractivity contribution in [2.75, 3.05) is 33.7 Å². The van der Waals surface area contributed by atoms with Crippen molar-refractivity contribution < 1.29 is 5.11 Å². The lowest BCUT2D eigenvalue weighted by Gasteiger charge is -2.34. The molecule has 0 aliphatic carbocycles. The van der Waals surface area contributed by atoms with Crippen LogP contribution in [0.2, 0.25) is 0 Å². The summed E-state index contributed by atoms with van der Waals surface area (Å²) in [6, 6.07) is 6.25. The fourth-order valence-corrected chi connectivity index (χ4v) is 3.05. The Bertz CT molecular complexity index is 439. The second-order valence-electron chi connectivity index (χ2n) is 6.42. The van der Waals surface area contributed by atoms with E-state index >= 15 is 0 Å². The van der Waals surface area contributed by atoms with Crippen LogP contribution in [-0.4, -0.2) is 48.6 Å². The van der Waals surface area contributed by atoms with Gasteiger partial charge in [0.05, 0.1) is 0 Å². The molecular weight excluding hydrogens is 248 g/mol. The van der Waals surface area contributed by atoms with E-state index in [0.29, 0.717) is 5.75 Å². The summed E-state index contributed by atoms with van der Waals surface area (Å²) >= 11 is 0. The standard InChI is InChI=1S/C17H28N2O/c1-13-5-6-16(17(20)11-13)14(2)19(4)12-15-7-9-18(3)10-8-15/h5-6,11,14-15,20H,7-10,12H2,1-4H3. The van der Waals surface area contributed by atoms with E-state index in [4.69, 9.17) is 0 Å². The molecule has 1 aliphatic rings. The van der Waals surface area contributed by atoms with E-state index in [-0.39, 0.29) is 6.04 Å². The molecule has 0 spiro atoms. The Labute approximate surface area is 123 Å². The molecule has 1 aromatic carbocycles. The van der Waals surface area contributed by atoms with Crippen LogP contribution in [0.25, 0.3) is 0 Å². The van der Waals surface area contributed by atoms with E-state index in [2.05, 4.69) is 43.0 Å². The summed E-state index contributed by atoms with van der Waals surface area (Å²) in [5.41, 5.74) is 2.14. The molecule has 3 nitrogen and oxygen atoms in total. The third-order valence-electron chi connectivity index (χ3n) is 4.68. The number of hydrogen-bond acceptors (Lipinski definition) is 3. The normalized spacial score (nSPS) is 19.4. The van der Waals surface area contributed by atoms with Crippen molar-refractivity contribution in [2.45, 2.75) is 32.7 Å². The minimum absolute atomic E-state index is 0.259. The lowest BCUT2D eigenvalue weighted by atomic mass is 9.95. The molecule has 1 atom stereocenters. The number of likely N-dealkylation sites (tertiary alicyclic amines) is 1. The summed E-state index contributed by atoms with van der Waals surface area (Å²) in [5, 5.41) is 10.1. The Morgan fingerprint density at radius 2 is 2.00 bits per heavy atom. The van der Waals surface area contributed by atoms with Crippen LogP contribution >= 0.6 is 0 Å². The minimum Gasteiger partial charge on any atom is -0.508 e. The molecule has 20 heavy (non-hydrogen) atoms. The molecule has 0 amide bonds. The second kappa shape index (κ2) is 6.59. The molecule has 0 radical (unpaired) electrons. The zero-order valence-corrected chi connectivity index (χ0v) is 13.3. The average Bonchev–Trinajstić information content (AvgIpc) is 2.40. The first-order chi connectivity index (χ1) is 9.47. The van der Waals surface area contributed by atoms with Crippen LogP contribution in [0, 0.1) is 12.8 Å². The quantitative estimate of drug-likeness (QED) is 0.915. The number of aromatic hydroxyl groups is 1. The van der Waals surface area contributed by atoms with Gasteiger partial charge in [-0.05, 0) is 71.4 Å². The SMILES string of the molecule is Cc1ccc(C(C)N(C)CC2CCN(C)CC2)c(O)c1. The van der Waals surface area contributed by atoms with Gasteiger partial charge in [0.1, 0.15) is 5.75 Å². The topological polar surface area (TPSA) is 26.7 Å². The van der Waals surface area contributed by atoms with E-state index in [9.17, 15) is 5.11 Å².